The molecule has 24 heavy (non-hydrogen) atoms. The highest BCUT2D eigenvalue weighted by molar-refractivity contribution is 6.30. The molecule has 1 aliphatic rings. The molecule has 0 amide bonds. The lowest BCUT2D eigenvalue weighted by Gasteiger charge is -2.32. The minimum atomic E-state index is 0.556. The minimum Gasteiger partial charge on any atom is -0.496 e. The van der Waals surface area contributed by atoms with E-state index in [0.29, 0.717) is 6.04 Å². The molecule has 1 aliphatic heterocycles. The molecule has 0 spiro atoms. The predicted molar refractivity (Wildman–Crippen MR) is 99.6 cm³/mol. The van der Waals surface area contributed by atoms with Gasteiger partial charge in [-0.3, -0.25) is 4.90 Å². The monoisotopic (exact) mass is 344 g/mol. The zero-order valence-corrected chi connectivity index (χ0v) is 14.9. The number of rotatable bonds is 6. The summed E-state index contributed by atoms with van der Waals surface area (Å²) in [4.78, 5) is 2.54. The number of nitrogens with zero attached hydrogens (tertiary/aromatic N) is 1. The van der Waals surface area contributed by atoms with Crippen LogP contribution in [0.25, 0.3) is 0 Å². The van der Waals surface area contributed by atoms with Crippen LogP contribution in [0.4, 0.5) is 0 Å². The van der Waals surface area contributed by atoms with Gasteiger partial charge in [0.15, 0.2) is 0 Å². The topological polar surface area (TPSA) is 24.5 Å². The maximum Gasteiger partial charge on any atom is 0.123 e. The summed E-state index contributed by atoms with van der Waals surface area (Å²) in [6.07, 6.45) is 2.35. The molecule has 0 aromatic heterocycles. The first kappa shape index (κ1) is 17.3. The van der Waals surface area contributed by atoms with E-state index in [1.165, 1.54) is 18.4 Å². The molecule has 3 nitrogen and oxygen atoms in total. The smallest absolute Gasteiger partial charge is 0.123 e. The van der Waals surface area contributed by atoms with Gasteiger partial charge in [0.1, 0.15) is 5.75 Å². The maximum absolute atomic E-state index is 6.10. The van der Waals surface area contributed by atoms with Crippen LogP contribution in [-0.2, 0) is 13.1 Å². The van der Waals surface area contributed by atoms with Crippen molar-refractivity contribution in [3.63, 3.8) is 0 Å². The molecular weight excluding hydrogens is 320 g/mol. The number of ether oxygens (including phenoxy) is 1. The number of methoxy groups -OCH3 is 1. The van der Waals surface area contributed by atoms with Gasteiger partial charge in [-0.1, -0.05) is 41.9 Å². The van der Waals surface area contributed by atoms with Crippen LogP contribution in [0.15, 0.2) is 48.5 Å². The van der Waals surface area contributed by atoms with E-state index in [2.05, 4.69) is 40.5 Å². The van der Waals surface area contributed by atoms with E-state index in [9.17, 15) is 0 Å². The van der Waals surface area contributed by atoms with Crippen molar-refractivity contribution in [1.82, 2.24) is 10.2 Å². The fraction of sp³-hybridized carbons (Fsp3) is 0.400. The highest BCUT2D eigenvalue weighted by atomic mass is 35.5. The van der Waals surface area contributed by atoms with Gasteiger partial charge in [0.25, 0.3) is 0 Å². The lowest BCUT2D eigenvalue weighted by atomic mass is 10.0. The number of hydrogen-bond donors (Lipinski definition) is 1. The molecule has 128 valence electrons. The van der Waals surface area contributed by atoms with E-state index < -0.39 is 0 Å². The van der Waals surface area contributed by atoms with Crippen molar-refractivity contribution >= 4 is 11.6 Å². The zero-order valence-electron chi connectivity index (χ0n) is 14.2. The van der Waals surface area contributed by atoms with E-state index in [-0.39, 0.29) is 0 Å². The highest BCUT2D eigenvalue weighted by Crippen LogP contribution is 2.23. The fourth-order valence-electron chi connectivity index (χ4n) is 3.28. The summed E-state index contributed by atoms with van der Waals surface area (Å²) in [5.74, 6) is 0.897. The van der Waals surface area contributed by atoms with Gasteiger partial charge in [-0.2, -0.15) is 0 Å². The Morgan fingerprint density at radius 2 is 1.88 bits per heavy atom. The molecule has 2 aromatic carbocycles. The van der Waals surface area contributed by atoms with Crippen LogP contribution in [0.3, 0.4) is 0 Å². The largest absolute Gasteiger partial charge is 0.496 e. The molecule has 0 radical (unpaired) electrons. The maximum atomic E-state index is 6.10. The van der Waals surface area contributed by atoms with Crippen LogP contribution in [-0.4, -0.2) is 31.1 Å². The first-order valence-corrected chi connectivity index (χ1v) is 8.94. The SMILES string of the molecule is COc1ccc(Cl)cc1CNC1CCN(Cc2ccccc2)CC1. The molecule has 1 heterocycles. The molecule has 2 aromatic rings. The third-order valence-corrected chi connectivity index (χ3v) is 4.90. The summed E-state index contributed by atoms with van der Waals surface area (Å²) >= 11 is 6.10. The van der Waals surface area contributed by atoms with E-state index in [1.54, 1.807) is 7.11 Å². The predicted octanol–water partition coefficient (Wildman–Crippen LogP) is 4.10. The van der Waals surface area contributed by atoms with Crippen molar-refractivity contribution in [3.8, 4) is 5.75 Å². The van der Waals surface area contributed by atoms with Gasteiger partial charge in [0.05, 0.1) is 7.11 Å². The van der Waals surface area contributed by atoms with Crippen LogP contribution < -0.4 is 10.1 Å². The van der Waals surface area contributed by atoms with Crippen molar-refractivity contribution < 1.29 is 4.74 Å². The third-order valence-electron chi connectivity index (χ3n) is 4.66. The van der Waals surface area contributed by atoms with Gasteiger partial charge >= 0.3 is 0 Å². The lowest BCUT2D eigenvalue weighted by molar-refractivity contribution is 0.190. The highest BCUT2D eigenvalue weighted by Gasteiger charge is 2.19. The summed E-state index contributed by atoms with van der Waals surface area (Å²) in [6.45, 7) is 4.13. The summed E-state index contributed by atoms with van der Waals surface area (Å²) in [5, 5.41) is 4.41. The van der Waals surface area contributed by atoms with Crippen molar-refractivity contribution in [2.75, 3.05) is 20.2 Å². The normalized spacial score (nSPS) is 16.2. The Hall–Kier alpha value is -1.55. The van der Waals surface area contributed by atoms with Crippen LogP contribution in [0, 0.1) is 0 Å². The molecule has 0 saturated carbocycles. The molecule has 1 saturated heterocycles. The number of nitrogens with one attached hydrogen (secondary N) is 1. The molecule has 4 heteroatoms. The van der Waals surface area contributed by atoms with Crippen LogP contribution in [0.5, 0.6) is 5.75 Å². The Morgan fingerprint density at radius 1 is 1.12 bits per heavy atom. The number of piperidine rings is 1. The van der Waals surface area contributed by atoms with Crippen LogP contribution in [0.1, 0.15) is 24.0 Å². The molecule has 1 fully saturated rings. The molecule has 0 bridgehead atoms. The van der Waals surface area contributed by atoms with Crippen LogP contribution in [0.2, 0.25) is 5.02 Å². The van der Waals surface area contributed by atoms with Gasteiger partial charge in [-0.05, 0) is 49.7 Å². The molecule has 1 N–H and O–H groups in total. The van der Waals surface area contributed by atoms with Gasteiger partial charge in [-0.25, -0.2) is 0 Å². The van der Waals surface area contributed by atoms with E-state index in [0.717, 1.165) is 42.5 Å². The minimum absolute atomic E-state index is 0.556. The van der Waals surface area contributed by atoms with Crippen molar-refractivity contribution in [2.45, 2.75) is 32.0 Å². The first-order valence-electron chi connectivity index (χ1n) is 8.56. The Morgan fingerprint density at radius 3 is 2.58 bits per heavy atom. The fourth-order valence-corrected chi connectivity index (χ4v) is 3.47. The van der Waals surface area contributed by atoms with Gasteiger partial charge < -0.3 is 10.1 Å². The standard InChI is InChI=1S/C20H25ClN2O/c1-24-20-8-7-18(21)13-17(20)14-22-19-9-11-23(12-10-19)15-16-5-3-2-4-6-16/h2-8,13,19,22H,9-12,14-15H2,1H3. The van der Waals surface area contributed by atoms with E-state index >= 15 is 0 Å². The Labute approximate surface area is 149 Å². The third kappa shape index (κ3) is 4.73. The van der Waals surface area contributed by atoms with Crippen LogP contribution >= 0.6 is 11.6 Å². The summed E-state index contributed by atoms with van der Waals surface area (Å²) < 4.78 is 5.42. The van der Waals surface area contributed by atoms with Crippen molar-refractivity contribution in [1.29, 1.82) is 0 Å². The Kier molecular flexibility index (Phi) is 6.13. The zero-order chi connectivity index (χ0) is 16.8. The second-order valence-corrected chi connectivity index (χ2v) is 6.81. The van der Waals surface area contributed by atoms with Crippen molar-refractivity contribution in [2.24, 2.45) is 0 Å². The van der Waals surface area contributed by atoms with Gasteiger partial charge in [0.2, 0.25) is 0 Å². The number of benzene rings is 2. The quantitative estimate of drug-likeness (QED) is 0.853. The lowest BCUT2D eigenvalue weighted by Crippen LogP contribution is -2.41. The van der Waals surface area contributed by atoms with E-state index in [1.807, 2.05) is 18.2 Å². The van der Waals surface area contributed by atoms with Crippen molar-refractivity contribution in [3.05, 3.63) is 64.7 Å². The summed E-state index contributed by atoms with van der Waals surface area (Å²) in [7, 11) is 1.70. The average Bonchev–Trinajstić information content (AvgIpc) is 2.62. The Balaban J connectivity index is 1.47. The first-order chi connectivity index (χ1) is 11.7. The molecular formula is C20H25ClN2O. The number of hydrogen-bond acceptors (Lipinski definition) is 3. The number of likely N-dealkylation sites (tertiary alicyclic amines) is 1. The second kappa shape index (κ2) is 8.52. The molecule has 0 aliphatic carbocycles. The second-order valence-electron chi connectivity index (χ2n) is 6.37. The summed E-state index contributed by atoms with van der Waals surface area (Å²) in [5.41, 5.74) is 2.52. The van der Waals surface area contributed by atoms with E-state index in [4.69, 9.17) is 16.3 Å². The molecule has 0 atom stereocenters. The molecule has 3 rings (SSSR count). The van der Waals surface area contributed by atoms with Gasteiger partial charge in [0, 0.05) is 29.7 Å². The number of halogens is 1. The Bertz CT molecular complexity index is 639. The average molecular weight is 345 g/mol. The molecule has 0 unspecified atom stereocenters. The summed E-state index contributed by atoms with van der Waals surface area (Å²) in [6, 6.07) is 17.0. The van der Waals surface area contributed by atoms with Gasteiger partial charge in [-0.15, -0.1) is 0 Å².